The molecule has 0 amide bonds. The van der Waals surface area contributed by atoms with E-state index in [0.717, 1.165) is 31.6 Å². The van der Waals surface area contributed by atoms with Crippen molar-refractivity contribution >= 4 is 10.8 Å². The molecule has 78 valence electrons. The standard InChI is InChI=1S/C10H21NOS/c1-4-5-6-8-11-10(2)7-9-13(3)12/h4,10-11H,1,5-9H2,2-3H3. The van der Waals surface area contributed by atoms with Gasteiger partial charge in [0.2, 0.25) is 0 Å². The van der Waals surface area contributed by atoms with Gasteiger partial charge in [0.05, 0.1) is 0 Å². The molecule has 0 fully saturated rings. The second kappa shape index (κ2) is 8.45. The molecular formula is C10H21NOS. The Morgan fingerprint density at radius 2 is 2.31 bits per heavy atom. The second-order valence-electron chi connectivity index (χ2n) is 3.35. The van der Waals surface area contributed by atoms with Crippen LogP contribution in [-0.2, 0) is 10.8 Å². The van der Waals surface area contributed by atoms with Gasteiger partial charge in [0.15, 0.2) is 0 Å². The van der Waals surface area contributed by atoms with Crippen LogP contribution in [0.2, 0.25) is 0 Å². The zero-order valence-electron chi connectivity index (χ0n) is 8.71. The summed E-state index contributed by atoms with van der Waals surface area (Å²) < 4.78 is 10.8. The molecule has 0 spiro atoms. The fraction of sp³-hybridized carbons (Fsp3) is 0.800. The molecule has 0 aromatic carbocycles. The van der Waals surface area contributed by atoms with E-state index in [9.17, 15) is 4.21 Å². The summed E-state index contributed by atoms with van der Waals surface area (Å²) in [5, 5.41) is 3.39. The molecule has 0 aromatic rings. The molecule has 0 saturated heterocycles. The van der Waals surface area contributed by atoms with Crippen LogP contribution in [0, 0.1) is 0 Å². The number of nitrogens with one attached hydrogen (secondary N) is 1. The minimum absolute atomic E-state index is 0.480. The topological polar surface area (TPSA) is 29.1 Å². The van der Waals surface area contributed by atoms with Crippen molar-refractivity contribution in [2.75, 3.05) is 18.6 Å². The average Bonchev–Trinajstić information content (AvgIpc) is 2.09. The van der Waals surface area contributed by atoms with E-state index < -0.39 is 10.8 Å². The maximum atomic E-state index is 10.8. The predicted molar refractivity (Wildman–Crippen MR) is 60.4 cm³/mol. The van der Waals surface area contributed by atoms with Crippen LogP contribution < -0.4 is 5.32 Å². The molecule has 0 radical (unpaired) electrons. The van der Waals surface area contributed by atoms with Gasteiger partial charge < -0.3 is 5.32 Å². The number of hydrogen-bond acceptors (Lipinski definition) is 2. The van der Waals surface area contributed by atoms with Gasteiger partial charge in [-0.25, -0.2) is 0 Å². The Hall–Kier alpha value is -0.150. The van der Waals surface area contributed by atoms with Gasteiger partial charge in [-0.2, -0.15) is 0 Å². The first-order valence-electron chi connectivity index (χ1n) is 4.81. The van der Waals surface area contributed by atoms with Crippen LogP contribution in [0.3, 0.4) is 0 Å². The molecule has 0 aromatic heterocycles. The summed E-state index contributed by atoms with van der Waals surface area (Å²) in [5.41, 5.74) is 0. The molecule has 0 bridgehead atoms. The zero-order chi connectivity index (χ0) is 10.1. The maximum absolute atomic E-state index is 10.8. The second-order valence-corrected chi connectivity index (χ2v) is 4.91. The van der Waals surface area contributed by atoms with Crippen LogP contribution in [-0.4, -0.2) is 28.8 Å². The molecule has 0 aliphatic rings. The van der Waals surface area contributed by atoms with Crippen LogP contribution in [0.5, 0.6) is 0 Å². The van der Waals surface area contributed by atoms with Crippen molar-refractivity contribution in [3.63, 3.8) is 0 Å². The van der Waals surface area contributed by atoms with Gasteiger partial charge in [-0.1, -0.05) is 6.08 Å². The first-order chi connectivity index (χ1) is 6.16. The highest BCUT2D eigenvalue weighted by Gasteiger charge is 2.01. The van der Waals surface area contributed by atoms with Crippen molar-refractivity contribution in [3.05, 3.63) is 12.7 Å². The lowest BCUT2D eigenvalue weighted by molar-refractivity contribution is 0.527. The summed E-state index contributed by atoms with van der Waals surface area (Å²) >= 11 is 0. The third-order valence-corrected chi connectivity index (χ3v) is 2.73. The lowest BCUT2D eigenvalue weighted by Crippen LogP contribution is -2.28. The SMILES string of the molecule is C=CCCCNC(C)CCS(C)=O. The van der Waals surface area contributed by atoms with Gasteiger partial charge in [0.1, 0.15) is 0 Å². The smallest absolute Gasteiger partial charge is 0.0246 e. The van der Waals surface area contributed by atoms with Crippen LogP contribution in [0.4, 0.5) is 0 Å². The molecular weight excluding hydrogens is 182 g/mol. The third kappa shape index (κ3) is 9.77. The van der Waals surface area contributed by atoms with Gasteiger partial charge >= 0.3 is 0 Å². The van der Waals surface area contributed by atoms with Crippen molar-refractivity contribution in [1.29, 1.82) is 0 Å². The highest BCUT2D eigenvalue weighted by atomic mass is 32.2. The van der Waals surface area contributed by atoms with E-state index in [1.165, 1.54) is 0 Å². The molecule has 0 aliphatic heterocycles. The number of hydrogen-bond donors (Lipinski definition) is 1. The maximum Gasteiger partial charge on any atom is 0.0246 e. The minimum Gasteiger partial charge on any atom is -0.314 e. The largest absolute Gasteiger partial charge is 0.314 e. The fourth-order valence-corrected chi connectivity index (χ4v) is 1.73. The van der Waals surface area contributed by atoms with E-state index in [0.29, 0.717) is 6.04 Å². The van der Waals surface area contributed by atoms with Gasteiger partial charge in [-0.15, -0.1) is 6.58 Å². The molecule has 1 N–H and O–H groups in total. The Kier molecular flexibility index (Phi) is 8.35. The molecule has 2 atom stereocenters. The third-order valence-electron chi connectivity index (χ3n) is 1.92. The van der Waals surface area contributed by atoms with E-state index in [1.807, 2.05) is 6.08 Å². The van der Waals surface area contributed by atoms with Crippen molar-refractivity contribution in [1.82, 2.24) is 5.32 Å². The molecule has 0 saturated carbocycles. The first kappa shape index (κ1) is 12.8. The van der Waals surface area contributed by atoms with E-state index in [4.69, 9.17) is 0 Å². The van der Waals surface area contributed by atoms with Gasteiger partial charge in [-0.3, -0.25) is 4.21 Å². The number of unbranched alkanes of at least 4 members (excludes halogenated alkanes) is 1. The first-order valence-corrected chi connectivity index (χ1v) is 6.54. The predicted octanol–water partition coefficient (Wildman–Crippen LogP) is 1.70. The monoisotopic (exact) mass is 203 g/mol. The molecule has 2 nitrogen and oxygen atoms in total. The highest BCUT2D eigenvalue weighted by Crippen LogP contribution is 1.94. The molecule has 0 rings (SSSR count). The van der Waals surface area contributed by atoms with Crippen molar-refractivity contribution in [2.45, 2.75) is 32.2 Å². The summed E-state index contributed by atoms with van der Waals surface area (Å²) in [4.78, 5) is 0. The Morgan fingerprint density at radius 1 is 1.62 bits per heavy atom. The van der Waals surface area contributed by atoms with Gasteiger partial charge in [0, 0.05) is 28.9 Å². The summed E-state index contributed by atoms with van der Waals surface area (Å²) in [6.45, 7) is 6.84. The van der Waals surface area contributed by atoms with Crippen LogP contribution >= 0.6 is 0 Å². The Morgan fingerprint density at radius 3 is 2.85 bits per heavy atom. The van der Waals surface area contributed by atoms with Gasteiger partial charge in [-0.05, 0) is 32.7 Å². The summed E-state index contributed by atoms with van der Waals surface area (Å²) in [6, 6.07) is 0.480. The van der Waals surface area contributed by atoms with E-state index in [2.05, 4.69) is 18.8 Å². The van der Waals surface area contributed by atoms with Crippen LogP contribution in [0.15, 0.2) is 12.7 Å². The lowest BCUT2D eigenvalue weighted by atomic mass is 10.2. The average molecular weight is 203 g/mol. The molecule has 13 heavy (non-hydrogen) atoms. The van der Waals surface area contributed by atoms with Crippen molar-refractivity contribution in [3.8, 4) is 0 Å². The van der Waals surface area contributed by atoms with E-state index in [1.54, 1.807) is 6.26 Å². The normalized spacial score (nSPS) is 15.2. The van der Waals surface area contributed by atoms with Crippen molar-refractivity contribution < 1.29 is 4.21 Å². The molecule has 3 heteroatoms. The zero-order valence-corrected chi connectivity index (χ0v) is 9.53. The van der Waals surface area contributed by atoms with Crippen molar-refractivity contribution in [2.24, 2.45) is 0 Å². The summed E-state index contributed by atoms with van der Waals surface area (Å²) in [7, 11) is -0.651. The van der Waals surface area contributed by atoms with Gasteiger partial charge in [0.25, 0.3) is 0 Å². The molecule has 2 unspecified atom stereocenters. The van der Waals surface area contributed by atoms with Crippen LogP contribution in [0.25, 0.3) is 0 Å². The van der Waals surface area contributed by atoms with E-state index >= 15 is 0 Å². The lowest BCUT2D eigenvalue weighted by Gasteiger charge is -2.12. The quantitative estimate of drug-likeness (QED) is 0.480. The summed E-state index contributed by atoms with van der Waals surface area (Å²) in [5.74, 6) is 0.801. The minimum atomic E-state index is -0.651. The molecule has 0 aliphatic carbocycles. The highest BCUT2D eigenvalue weighted by molar-refractivity contribution is 7.84. The Labute approximate surface area is 84.3 Å². The fourth-order valence-electron chi connectivity index (χ4n) is 1.04. The number of rotatable bonds is 8. The van der Waals surface area contributed by atoms with E-state index in [-0.39, 0.29) is 0 Å². The molecule has 0 heterocycles. The summed E-state index contributed by atoms with van der Waals surface area (Å²) in [6.07, 6.45) is 6.90. The van der Waals surface area contributed by atoms with Crippen LogP contribution in [0.1, 0.15) is 26.2 Å². The Balaban J connectivity index is 3.24. The number of allylic oxidation sites excluding steroid dienone is 1. The Bertz CT molecular complexity index is 159.